The topological polar surface area (TPSA) is 73.9 Å². The molecular formula is C25H31NO5. The Morgan fingerprint density at radius 3 is 2.03 bits per heavy atom. The maximum atomic E-state index is 12.3. The van der Waals surface area contributed by atoms with Gasteiger partial charge in [0.25, 0.3) is 5.91 Å². The summed E-state index contributed by atoms with van der Waals surface area (Å²) in [5.74, 6) is 0.986. The maximum Gasteiger partial charge on any atom is 0.333 e. The van der Waals surface area contributed by atoms with E-state index in [0.29, 0.717) is 30.0 Å². The number of nitrogens with one attached hydrogen (secondary N) is 1. The number of hydrogen-bond donors (Lipinski definition) is 1. The monoisotopic (exact) mass is 425 g/mol. The first kappa shape index (κ1) is 24.0. The van der Waals surface area contributed by atoms with E-state index >= 15 is 0 Å². The van der Waals surface area contributed by atoms with Gasteiger partial charge in [0.1, 0.15) is 11.5 Å². The van der Waals surface area contributed by atoms with Crippen molar-refractivity contribution in [2.45, 2.75) is 39.0 Å². The van der Waals surface area contributed by atoms with Crippen molar-refractivity contribution in [3.63, 3.8) is 0 Å². The van der Waals surface area contributed by atoms with Crippen LogP contribution in [0.15, 0.2) is 60.7 Å². The van der Waals surface area contributed by atoms with Crippen molar-refractivity contribution < 1.29 is 23.8 Å². The summed E-state index contributed by atoms with van der Waals surface area (Å²) >= 11 is 0. The molecule has 0 heterocycles. The Balaban J connectivity index is 1.60. The fourth-order valence-corrected chi connectivity index (χ4v) is 2.79. The van der Waals surface area contributed by atoms with Crippen molar-refractivity contribution in [3.8, 4) is 11.5 Å². The highest BCUT2D eigenvalue weighted by molar-refractivity contribution is 6.04. The second-order valence-corrected chi connectivity index (χ2v) is 7.24. The molecule has 166 valence electrons. The van der Waals surface area contributed by atoms with Crippen LogP contribution >= 0.6 is 0 Å². The van der Waals surface area contributed by atoms with Gasteiger partial charge in [-0.3, -0.25) is 4.79 Å². The third kappa shape index (κ3) is 8.95. The fraction of sp³-hybridized carbons (Fsp3) is 0.360. The van der Waals surface area contributed by atoms with Crippen molar-refractivity contribution in [1.29, 1.82) is 0 Å². The minimum Gasteiger partial charge on any atom is -0.497 e. The largest absolute Gasteiger partial charge is 0.497 e. The molecule has 1 N–H and O–H groups in total. The summed E-state index contributed by atoms with van der Waals surface area (Å²) in [7, 11) is 1.60. The fourth-order valence-electron chi connectivity index (χ4n) is 2.79. The van der Waals surface area contributed by atoms with E-state index in [1.54, 1.807) is 62.6 Å². The van der Waals surface area contributed by atoms with E-state index in [1.165, 1.54) is 0 Å². The highest BCUT2D eigenvalue weighted by Crippen LogP contribution is 2.17. The molecule has 0 radical (unpaired) electrons. The number of anilines is 1. The second-order valence-electron chi connectivity index (χ2n) is 7.24. The van der Waals surface area contributed by atoms with Crippen LogP contribution in [0.5, 0.6) is 11.5 Å². The summed E-state index contributed by atoms with van der Waals surface area (Å²) in [5.41, 5.74) is 1.71. The number of esters is 1. The van der Waals surface area contributed by atoms with E-state index in [4.69, 9.17) is 14.2 Å². The molecule has 0 spiro atoms. The minimum atomic E-state index is -0.322. The predicted molar refractivity (Wildman–Crippen MR) is 122 cm³/mol. The van der Waals surface area contributed by atoms with Gasteiger partial charge in [0.15, 0.2) is 0 Å². The van der Waals surface area contributed by atoms with Crippen LogP contribution in [0.25, 0.3) is 0 Å². The minimum absolute atomic E-state index is 0.175. The molecule has 0 aromatic heterocycles. The van der Waals surface area contributed by atoms with E-state index in [0.717, 1.165) is 43.6 Å². The smallest absolute Gasteiger partial charge is 0.333 e. The lowest BCUT2D eigenvalue weighted by molar-refractivity contribution is -0.139. The quantitative estimate of drug-likeness (QED) is 0.264. The molecular weight excluding hydrogens is 394 g/mol. The molecule has 0 saturated heterocycles. The molecule has 1 amide bonds. The van der Waals surface area contributed by atoms with Crippen molar-refractivity contribution in [2.75, 3.05) is 25.6 Å². The van der Waals surface area contributed by atoms with Gasteiger partial charge in [-0.1, -0.05) is 25.8 Å². The molecule has 0 atom stereocenters. The number of ether oxygens (including phenoxy) is 3. The number of hydrogen-bond acceptors (Lipinski definition) is 5. The number of carbonyl (C=O) groups excluding carboxylic acids is 2. The molecule has 31 heavy (non-hydrogen) atoms. The number of unbranched alkanes of at least 4 members (excludes halogenated alkanes) is 4. The van der Waals surface area contributed by atoms with Crippen LogP contribution in [0.2, 0.25) is 0 Å². The highest BCUT2D eigenvalue weighted by Gasteiger charge is 2.07. The average molecular weight is 426 g/mol. The summed E-state index contributed by atoms with van der Waals surface area (Å²) in [6, 6.07) is 14.3. The normalized spacial score (nSPS) is 10.3. The van der Waals surface area contributed by atoms with Crippen LogP contribution in [0.4, 0.5) is 5.69 Å². The van der Waals surface area contributed by atoms with Gasteiger partial charge in [-0.05, 0) is 68.3 Å². The van der Waals surface area contributed by atoms with Gasteiger partial charge in [-0.15, -0.1) is 0 Å². The van der Waals surface area contributed by atoms with Crippen molar-refractivity contribution in [3.05, 3.63) is 66.2 Å². The van der Waals surface area contributed by atoms with E-state index in [9.17, 15) is 9.59 Å². The number of carbonyl (C=O) groups is 2. The summed E-state index contributed by atoms with van der Waals surface area (Å²) in [6.45, 7) is 6.27. The molecule has 0 fully saturated rings. The number of benzene rings is 2. The predicted octanol–water partition coefficient (Wildman–Crippen LogP) is 5.40. The third-order valence-electron chi connectivity index (χ3n) is 4.60. The summed E-state index contributed by atoms with van der Waals surface area (Å²) in [5, 5.41) is 2.85. The Labute approximate surface area is 184 Å². The first-order chi connectivity index (χ1) is 15.0. The van der Waals surface area contributed by atoms with Gasteiger partial charge < -0.3 is 19.5 Å². The molecule has 2 aromatic carbocycles. The van der Waals surface area contributed by atoms with Gasteiger partial charge in [0.2, 0.25) is 0 Å². The van der Waals surface area contributed by atoms with Crippen LogP contribution in [-0.4, -0.2) is 32.2 Å². The lowest BCUT2D eigenvalue weighted by atomic mass is 10.1. The molecule has 0 aliphatic heterocycles. The number of amides is 1. The summed E-state index contributed by atoms with van der Waals surface area (Å²) < 4.78 is 15.9. The van der Waals surface area contributed by atoms with Crippen molar-refractivity contribution in [2.24, 2.45) is 0 Å². The first-order valence-electron chi connectivity index (χ1n) is 10.5. The van der Waals surface area contributed by atoms with Gasteiger partial charge in [0, 0.05) is 16.8 Å². The second kappa shape index (κ2) is 13.1. The van der Waals surface area contributed by atoms with E-state index in [-0.39, 0.29) is 11.9 Å². The lowest BCUT2D eigenvalue weighted by Crippen LogP contribution is -2.11. The Hall–Kier alpha value is -3.28. The SMILES string of the molecule is C=C(C)C(=O)OCCCCCCCOc1ccc(C(=O)Nc2ccc(OC)cc2)cc1. The molecule has 0 unspecified atom stereocenters. The van der Waals surface area contributed by atoms with Crippen LogP contribution in [-0.2, 0) is 9.53 Å². The first-order valence-corrected chi connectivity index (χ1v) is 10.5. The lowest BCUT2D eigenvalue weighted by Gasteiger charge is -2.09. The Morgan fingerprint density at radius 2 is 1.42 bits per heavy atom. The summed E-state index contributed by atoms with van der Waals surface area (Å²) in [6.07, 6.45) is 4.95. The zero-order valence-electron chi connectivity index (χ0n) is 18.3. The zero-order chi connectivity index (χ0) is 22.5. The van der Waals surface area contributed by atoms with E-state index in [1.807, 2.05) is 0 Å². The summed E-state index contributed by atoms with van der Waals surface area (Å²) in [4.78, 5) is 23.6. The van der Waals surface area contributed by atoms with Gasteiger partial charge >= 0.3 is 5.97 Å². The Bertz CT molecular complexity index is 843. The maximum absolute atomic E-state index is 12.3. The molecule has 0 aliphatic rings. The van der Waals surface area contributed by atoms with Gasteiger partial charge in [0.05, 0.1) is 20.3 Å². The molecule has 2 rings (SSSR count). The van der Waals surface area contributed by atoms with Crippen LogP contribution in [0.1, 0.15) is 49.4 Å². The van der Waals surface area contributed by atoms with Crippen molar-refractivity contribution >= 4 is 17.6 Å². The highest BCUT2D eigenvalue weighted by atomic mass is 16.5. The molecule has 6 heteroatoms. The average Bonchev–Trinajstić information content (AvgIpc) is 2.78. The zero-order valence-corrected chi connectivity index (χ0v) is 18.3. The molecule has 2 aromatic rings. The standard InChI is InChI=1S/C25H31NO5/c1-19(2)25(28)31-18-8-6-4-5-7-17-30-23-13-9-20(10-14-23)24(27)26-21-11-15-22(29-3)16-12-21/h9-16H,1,4-8,17-18H2,2-3H3,(H,26,27). The number of methoxy groups -OCH3 is 1. The molecule has 0 aliphatic carbocycles. The van der Waals surface area contributed by atoms with Gasteiger partial charge in [-0.25, -0.2) is 4.79 Å². The molecule has 6 nitrogen and oxygen atoms in total. The third-order valence-corrected chi connectivity index (χ3v) is 4.60. The van der Waals surface area contributed by atoms with Gasteiger partial charge in [-0.2, -0.15) is 0 Å². The molecule has 0 saturated carbocycles. The van der Waals surface area contributed by atoms with E-state index < -0.39 is 0 Å². The van der Waals surface area contributed by atoms with Crippen LogP contribution in [0.3, 0.4) is 0 Å². The van der Waals surface area contributed by atoms with Crippen LogP contribution < -0.4 is 14.8 Å². The Kier molecular flexibility index (Phi) is 10.1. The van der Waals surface area contributed by atoms with Crippen molar-refractivity contribution in [1.82, 2.24) is 0 Å². The molecule has 0 bridgehead atoms. The Morgan fingerprint density at radius 1 is 0.839 bits per heavy atom. The van der Waals surface area contributed by atoms with Crippen LogP contribution in [0, 0.1) is 0 Å². The van der Waals surface area contributed by atoms with E-state index in [2.05, 4.69) is 11.9 Å². The number of rotatable bonds is 13.